The number of carbonyl (C=O) groups excluding carboxylic acids is 1. The predicted molar refractivity (Wildman–Crippen MR) is 116 cm³/mol. The number of para-hydroxylation sites is 1. The van der Waals surface area contributed by atoms with Crippen LogP contribution in [-0.4, -0.2) is 39.9 Å². The van der Waals surface area contributed by atoms with Gasteiger partial charge < -0.3 is 14.6 Å². The summed E-state index contributed by atoms with van der Waals surface area (Å²) in [6.45, 7) is 8.50. The minimum Gasteiger partial charge on any atom is -0.361 e. The summed E-state index contributed by atoms with van der Waals surface area (Å²) < 4.78 is 9.18. The van der Waals surface area contributed by atoms with Crippen molar-refractivity contribution < 1.29 is 9.53 Å². The van der Waals surface area contributed by atoms with Crippen molar-refractivity contribution in [3.63, 3.8) is 0 Å². The maximum absolute atomic E-state index is 12.7. The van der Waals surface area contributed by atoms with Gasteiger partial charge in [-0.2, -0.15) is 5.10 Å². The van der Waals surface area contributed by atoms with Gasteiger partial charge >= 0.3 is 0 Å². The van der Waals surface area contributed by atoms with E-state index in [1.54, 1.807) is 47.7 Å². The molecule has 0 atom stereocenters. The number of hydrogen-bond acceptors (Lipinski definition) is 4. The predicted octanol–water partition coefficient (Wildman–Crippen LogP) is 3.96. The zero-order valence-corrected chi connectivity index (χ0v) is 18.7. The normalized spacial score (nSPS) is 11.6. The average Bonchev–Trinajstić information content (AvgIpc) is 3.34. The van der Waals surface area contributed by atoms with Crippen LogP contribution in [0.15, 0.2) is 49.2 Å². The molecule has 1 aromatic carbocycles. The highest BCUT2D eigenvalue weighted by atomic mass is 35.5. The van der Waals surface area contributed by atoms with Gasteiger partial charge in [0.25, 0.3) is 5.91 Å². The summed E-state index contributed by atoms with van der Waals surface area (Å²) >= 11 is 6.31. The zero-order valence-electron chi connectivity index (χ0n) is 16.9. The van der Waals surface area contributed by atoms with E-state index in [0.717, 1.165) is 18.3 Å². The van der Waals surface area contributed by atoms with Crippen LogP contribution >= 0.6 is 11.6 Å². The van der Waals surface area contributed by atoms with Crippen molar-refractivity contribution in [3.8, 4) is 5.69 Å². The van der Waals surface area contributed by atoms with Crippen LogP contribution < -0.4 is 5.32 Å². The van der Waals surface area contributed by atoms with Crippen molar-refractivity contribution in [2.45, 2.75) is 39.0 Å². The van der Waals surface area contributed by atoms with Crippen LogP contribution in [0.25, 0.3) is 5.69 Å². The molecule has 0 aliphatic heterocycles. The van der Waals surface area contributed by atoms with Crippen molar-refractivity contribution in [1.29, 1.82) is 0 Å². The van der Waals surface area contributed by atoms with Gasteiger partial charge in [-0.05, 0) is 24.2 Å². The maximum Gasteiger partial charge on any atom is 0.253 e. The summed E-state index contributed by atoms with van der Waals surface area (Å²) in [5.41, 5.74) is 1.77. The number of imidazole rings is 1. The van der Waals surface area contributed by atoms with E-state index < -0.39 is 8.07 Å². The summed E-state index contributed by atoms with van der Waals surface area (Å²) in [6, 6.07) is 8.12. The number of hydrogen-bond donors (Lipinski definition) is 1. The molecule has 1 amide bonds. The molecule has 0 aliphatic carbocycles. The van der Waals surface area contributed by atoms with Gasteiger partial charge in [0, 0.05) is 33.3 Å². The molecule has 1 N–H and O–H groups in total. The fourth-order valence-corrected chi connectivity index (χ4v) is 3.73. The second-order valence-corrected chi connectivity index (χ2v) is 14.0. The average molecular weight is 432 g/mol. The minimum atomic E-state index is -1.09. The Balaban J connectivity index is 1.57. The number of rotatable bonds is 9. The quantitative estimate of drug-likeness (QED) is 0.411. The highest BCUT2D eigenvalue weighted by molar-refractivity contribution is 6.76. The second kappa shape index (κ2) is 9.38. The Morgan fingerprint density at radius 3 is 2.83 bits per heavy atom. The largest absolute Gasteiger partial charge is 0.361 e. The number of nitrogens with zero attached hydrogens (tertiary/aromatic N) is 4. The molecule has 0 bridgehead atoms. The van der Waals surface area contributed by atoms with Crippen LogP contribution in [0.2, 0.25) is 30.7 Å². The number of aromatic nitrogens is 4. The lowest BCUT2D eigenvalue weighted by Gasteiger charge is -2.15. The Labute approximate surface area is 176 Å². The van der Waals surface area contributed by atoms with Gasteiger partial charge in [-0.3, -0.25) is 4.79 Å². The summed E-state index contributed by atoms with van der Waals surface area (Å²) in [4.78, 5) is 17.1. The molecule has 0 radical (unpaired) electrons. The van der Waals surface area contributed by atoms with Crippen LogP contribution in [-0.2, 0) is 18.0 Å². The molecule has 7 nitrogen and oxygen atoms in total. The van der Waals surface area contributed by atoms with E-state index in [-0.39, 0.29) is 5.91 Å². The molecule has 2 aromatic heterocycles. The minimum absolute atomic E-state index is 0.237. The Bertz CT molecular complexity index is 950. The van der Waals surface area contributed by atoms with Crippen LogP contribution in [0.1, 0.15) is 16.1 Å². The number of ether oxygens (including phenoxy) is 1. The lowest BCUT2D eigenvalue weighted by atomic mass is 10.1. The van der Waals surface area contributed by atoms with Crippen LogP contribution in [0.5, 0.6) is 0 Å². The van der Waals surface area contributed by atoms with Gasteiger partial charge in [0.05, 0.1) is 34.8 Å². The molecule has 29 heavy (non-hydrogen) atoms. The second-order valence-electron chi connectivity index (χ2n) is 8.00. The topological polar surface area (TPSA) is 74.0 Å². The Morgan fingerprint density at radius 2 is 2.10 bits per heavy atom. The first-order valence-electron chi connectivity index (χ1n) is 9.48. The van der Waals surface area contributed by atoms with Gasteiger partial charge in [0.1, 0.15) is 6.73 Å². The molecule has 0 saturated heterocycles. The summed E-state index contributed by atoms with van der Waals surface area (Å²) in [7, 11) is -1.09. The lowest BCUT2D eigenvalue weighted by Crippen LogP contribution is -2.24. The summed E-state index contributed by atoms with van der Waals surface area (Å²) in [5.74, 6) is -0.237. The van der Waals surface area contributed by atoms with Gasteiger partial charge in [-0.1, -0.05) is 37.3 Å². The zero-order chi connectivity index (χ0) is 20.9. The Kier molecular flexibility index (Phi) is 6.89. The Hall–Kier alpha value is -2.42. The van der Waals surface area contributed by atoms with Crippen molar-refractivity contribution in [3.05, 3.63) is 65.5 Å². The van der Waals surface area contributed by atoms with E-state index >= 15 is 0 Å². The molecule has 9 heteroatoms. The molecule has 154 valence electrons. The first-order valence-corrected chi connectivity index (χ1v) is 13.6. The fourth-order valence-electron chi connectivity index (χ4n) is 2.72. The van der Waals surface area contributed by atoms with E-state index in [1.807, 2.05) is 10.8 Å². The van der Waals surface area contributed by atoms with Crippen molar-refractivity contribution in [2.75, 3.05) is 6.61 Å². The molecule has 0 fully saturated rings. The number of benzene rings is 1. The van der Waals surface area contributed by atoms with Crippen LogP contribution in [0.4, 0.5) is 0 Å². The number of amides is 1. The molecule has 3 aromatic rings. The third-order valence-electron chi connectivity index (χ3n) is 4.32. The first-order chi connectivity index (χ1) is 13.8. The first kappa shape index (κ1) is 21.3. The van der Waals surface area contributed by atoms with Crippen molar-refractivity contribution in [1.82, 2.24) is 24.6 Å². The monoisotopic (exact) mass is 431 g/mol. The molecule has 3 rings (SSSR count). The molecule has 0 unspecified atom stereocenters. The highest BCUT2D eigenvalue weighted by Gasteiger charge is 2.16. The molecule has 0 saturated carbocycles. The van der Waals surface area contributed by atoms with Gasteiger partial charge in [-0.15, -0.1) is 0 Å². The number of carbonyl (C=O) groups is 1. The molecule has 0 spiro atoms. The van der Waals surface area contributed by atoms with Gasteiger partial charge in [-0.25, -0.2) is 9.67 Å². The number of nitrogens with one attached hydrogen (secondary N) is 1. The van der Waals surface area contributed by atoms with Gasteiger partial charge in [0.15, 0.2) is 0 Å². The van der Waals surface area contributed by atoms with E-state index in [4.69, 9.17) is 16.3 Å². The smallest absolute Gasteiger partial charge is 0.253 e. The molecular weight excluding hydrogens is 406 g/mol. The molecular formula is C20H26ClN5O2Si. The number of halogens is 1. The molecule has 2 heterocycles. The molecule has 0 aliphatic rings. The van der Waals surface area contributed by atoms with Crippen LogP contribution in [0, 0.1) is 0 Å². The SMILES string of the molecule is C[Si](C)(C)CCOCn1cnc(CNC(=O)c2cccc(Cl)c2-n2cccn2)c1. The highest BCUT2D eigenvalue weighted by Crippen LogP contribution is 2.24. The third-order valence-corrected chi connectivity index (χ3v) is 6.33. The van der Waals surface area contributed by atoms with E-state index in [9.17, 15) is 4.79 Å². The van der Waals surface area contributed by atoms with Gasteiger partial charge in [0.2, 0.25) is 0 Å². The van der Waals surface area contributed by atoms with Crippen molar-refractivity contribution >= 4 is 25.6 Å². The summed E-state index contributed by atoms with van der Waals surface area (Å²) in [5, 5.41) is 7.54. The lowest BCUT2D eigenvalue weighted by molar-refractivity contribution is 0.0871. The van der Waals surface area contributed by atoms with E-state index in [0.29, 0.717) is 29.5 Å². The summed E-state index contributed by atoms with van der Waals surface area (Å²) in [6.07, 6.45) is 6.98. The third kappa shape index (κ3) is 6.03. The standard InChI is InChI=1S/C20H26ClN5O2Si/c1-29(2,3)11-10-28-15-25-13-16(23-14-25)12-22-20(27)17-6-4-7-18(21)19(17)26-9-5-8-24-26/h4-9,13-14H,10-12,15H2,1-3H3,(H,22,27). The Morgan fingerprint density at radius 1 is 1.28 bits per heavy atom. The fraction of sp³-hybridized carbons (Fsp3) is 0.350. The van der Waals surface area contributed by atoms with E-state index in [2.05, 4.69) is 35.0 Å². The maximum atomic E-state index is 12.7. The van der Waals surface area contributed by atoms with Crippen molar-refractivity contribution in [2.24, 2.45) is 0 Å². The van der Waals surface area contributed by atoms with Crippen LogP contribution in [0.3, 0.4) is 0 Å². The van der Waals surface area contributed by atoms with E-state index in [1.165, 1.54) is 0 Å².